The van der Waals surface area contributed by atoms with Crippen LogP contribution < -0.4 is 0 Å². The molecule has 0 aromatic rings. The van der Waals surface area contributed by atoms with Crippen LogP contribution in [0.15, 0.2) is 0 Å². The van der Waals surface area contributed by atoms with Crippen LogP contribution in [-0.2, 0) is 56.6 Å². The second kappa shape index (κ2) is 8.58. The normalized spacial score (nSPS) is 13.2. The van der Waals surface area contributed by atoms with Crippen molar-refractivity contribution in [3.8, 4) is 0 Å². The third kappa shape index (κ3) is 7.44. The number of rotatable bonds is 5. The molecular formula is C10H16O6Y. The van der Waals surface area contributed by atoms with Gasteiger partial charge in [0.1, 0.15) is 0 Å². The fourth-order valence-electron chi connectivity index (χ4n) is 0.679. The van der Waals surface area contributed by atoms with Crippen LogP contribution in [0.3, 0.4) is 0 Å². The number of carbonyl (C=O) groups is 3. The second-order valence-electron chi connectivity index (χ2n) is 3.65. The van der Waals surface area contributed by atoms with Gasteiger partial charge in [0.05, 0.1) is 5.92 Å². The molecule has 0 aliphatic carbocycles. The van der Waals surface area contributed by atoms with Crippen LogP contribution in [0.25, 0.3) is 0 Å². The van der Waals surface area contributed by atoms with Gasteiger partial charge in [0.15, 0.2) is 12.2 Å². The smallest absolute Gasteiger partial charge is 0.347 e. The molecule has 0 aliphatic heterocycles. The first-order valence-corrected chi connectivity index (χ1v) is 4.89. The van der Waals surface area contributed by atoms with Gasteiger partial charge in [-0.2, -0.15) is 0 Å². The maximum absolute atomic E-state index is 11.3. The molecule has 17 heavy (non-hydrogen) atoms. The number of carbonyl (C=O) groups excluding carboxylic acids is 2. The predicted octanol–water partition coefficient (Wildman–Crippen LogP) is 0.588. The Morgan fingerprint density at radius 1 is 0.882 bits per heavy atom. The Kier molecular flexibility index (Phi) is 9.53. The average Bonchev–Trinajstić information content (AvgIpc) is 2.16. The van der Waals surface area contributed by atoms with Gasteiger partial charge in [0, 0.05) is 32.7 Å². The zero-order chi connectivity index (χ0) is 12.9. The van der Waals surface area contributed by atoms with Crippen LogP contribution >= 0.6 is 0 Å². The van der Waals surface area contributed by atoms with Crippen molar-refractivity contribution < 1.29 is 61.7 Å². The summed E-state index contributed by atoms with van der Waals surface area (Å²) in [5, 5.41) is 8.50. The molecule has 6 nitrogen and oxygen atoms in total. The molecule has 0 fully saturated rings. The van der Waals surface area contributed by atoms with Gasteiger partial charge < -0.3 is 14.6 Å². The number of aliphatic carboxylic acids is 1. The monoisotopic (exact) mass is 321 g/mol. The Morgan fingerprint density at radius 2 is 1.29 bits per heavy atom. The van der Waals surface area contributed by atoms with Gasteiger partial charge >= 0.3 is 17.9 Å². The minimum absolute atomic E-state index is 0. The van der Waals surface area contributed by atoms with Gasteiger partial charge in [-0.05, 0) is 13.8 Å². The molecule has 0 saturated heterocycles. The van der Waals surface area contributed by atoms with E-state index >= 15 is 0 Å². The molecule has 0 saturated carbocycles. The molecule has 0 aliphatic rings. The summed E-state index contributed by atoms with van der Waals surface area (Å²) >= 11 is 0. The van der Waals surface area contributed by atoms with Gasteiger partial charge in [0.2, 0.25) is 0 Å². The summed E-state index contributed by atoms with van der Waals surface area (Å²) in [5.74, 6) is -3.01. The van der Waals surface area contributed by atoms with Crippen LogP contribution in [0, 0.1) is 5.92 Å². The van der Waals surface area contributed by atoms with E-state index in [0.29, 0.717) is 0 Å². The van der Waals surface area contributed by atoms with Crippen LogP contribution in [0.4, 0.5) is 0 Å². The summed E-state index contributed by atoms with van der Waals surface area (Å²) in [5.41, 5.74) is 0. The summed E-state index contributed by atoms with van der Waals surface area (Å²) in [7, 11) is 0. The molecule has 0 amide bonds. The predicted molar refractivity (Wildman–Crippen MR) is 53.6 cm³/mol. The van der Waals surface area contributed by atoms with Crippen molar-refractivity contribution in [2.45, 2.75) is 39.9 Å². The van der Waals surface area contributed by atoms with Crippen molar-refractivity contribution in [3.63, 3.8) is 0 Å². The van der Waals surface area contributed by atoms with Crippen LogP contribution in [-0.4, -0.2) is 35.2 Å². The number of ether oxygens (including phenoxy) is 2. The van der Waals surface area contributed by atoms with Crippen molar-refractivity contribution in [1.29, 1.82) is 0 Å². The molecular weight excluding hydrogens is 305 g/mol. The maximum atomic E-state index is 11.3. The topological polar surface area (TPSA) is 89.9 Å². The Hall–Kier alpha value is -0.486. The molecule has 0 bridgehead atoms. The van der Waals surface area contributed by atoms with Crippen LogP contribution in [0.2, 0.25) is 0 Å². The number of esters is 2. The molecule has 1 N–H and O–H groups in total. The Bertz CT molecular complexity index is 289. The number of carboxylic acids is 1. The van der Waals surface area contributed by atoms with Crippen molar-refractivity contribution in [2.75, 3.05) is 0 Å². The summed E-state index contributed by atoms with van der Waals surface area (Å²) < 4.78 is 9.29. The van der Waals surface area contributed by atoms with Gasteiger partial charge in [-0.25, -0.2) is 9.59 Å². The largest absolute Gasteiger partial charge is 0.479 e. The van der Waals surface area contributed by atoms with E-state index in [1.165, 1.54) is 13.8 Å². The molecule has 0 rings (SSSR count). The molecule has 0 aromatic heterocycles. The molecule has 0 heterocycles. The second-order valence-corrected chi connectivity index (χ2v) is 3.65. The van der Waals surface area contributed by atoms with E-state index in [2.05, 4.69) is 4.74 Å². The molecule has 1 radical (unpaired) electrons. The van der Waals surface area contributed by atoms with E-state index < -0.39 is 30.1 Å². The van der Waals surface area contributed by atoms with Crippen molar-refractivity contribution in [1.82, 2.24) is 0 Å². The zero-order valence-electron chi connectivity index (χ0n) is 10.3. The molecule has 0 spiro atoms. The van der Waals surface area contributed by atoms with Gasteiger partial charge in [-0.3, -0.25) is 4.79 Å². The summed E-state index contributed by atoms with van der Waals surface area (Å²) in [6.45, 7) is 5.80. The molecule has 7 heteroatoms. The van der Waals surface area contributed by atoms with Crippen molar-refractivity contribution in [3.05, 3.63) is 0 Å². The molecule has 0 aromatic carbocycles. The van der Waals surface area contributed by atoms with E-state index in [-0.39, 0.29) is 38.6 Å². The van der Waals surface area contributed by atoms with Crippen molar-refractivity contribution in [2.24, 2.45) is 5.92 Å². The number of carboxylic acid groups (broad SMARTS) is 1. The van der Waals surface area contributed by atoms with Gasteiger partial charge in [-0.1, -0.05) is 13.8 Å². The minimum atomic E-state index is -1.26. The molecule has 2 atom stereocenters. The van der Waals surface area contributed by atoms with E-state index in [9.17, 15) is 14.4 Å². The summed E-state index contributed by atoms with van der Waals surface area (Å²) in [6, 6.07) is 0. The van der Waals surface area contributed by atoms with Gasteiger partial charge in [-0.15, -0.1) is 0 Å². The molecule has 0 unspecified atom stereocenters. The molecule has 95 valence electrons. The first kappa shape index (κ1) is 18.9. The van der Waals surface area contributed by atoms with Crippen LogP contribution in [0.1, 0.15) is 27.7 Å². The van der Waals surface area contributed by atoms with Crippen LogP contribution in [0.5, 0.6) is 0 Å². The Labute approximate surface area is 125 Å². The van der Waals surface area contributed by atoms with E-state index in [4.69, 9.17) is 9.84 Å². The summed E-state index contributed by atoms with van der Waals surface area (Å²) in [4.78, 5) is 32.8. The fraction of sp³-hybridized carbons (Fsp3) is 0.700. The first-order chi connectivity index (χ1) is 7.25. The quantitative estimate of drug-likeness (QED) is 0.745. The van der Waals surface area contributed by atoms with E-state index in [1.54, 1.807) is 13.8 Å². The summed E-state index contributed by atoms with van der Waals surface area (Å²) in [6.07, 6.45) is -2.36. The van der Waals surface area contributed by atoms with Gasteiger partial charge in [0.25, 0.3) is 0 Å². The first-order valence-electron chi connectivity index (χ1n) is 4.89. The fourth-order valence-corrected chi connectivity index (χ4v) is 0.679. The average molecular weight is 321 g/mol. The minimum Gasteiger partial charge on any atom is -0.479 e. The Morgan fingerprint density at radius 3 is 1.65 bits per heavy atom. The van der Waals surface area contributed by atoms with E-state index in [0.717, 1.165) is 0 Å². The van der Waals surface area contributed by atoms with Crippen molar-refractivity contribution >= 4 is 17.9 Å². The number of hydrogen-bond acceptors (Lipinski definition) is 5. The third-order valence-corrected chi connectivity index (χ3v) is 1.74. The standard InChI is InChI=1S/C10H16O6.Y/c1-5(2)9(13)16-7(4)10(14)15-6(3)8(11)12;/h5-7H,1-4H3,(H,11,12);/t6-,7-;/m0./s1. The number of hydrogen-bond donors (Lipinski definition) is 1. The third-order valence-electron chi connectivity index (χ3n) is 1.74. The Balaban J connectivity index is 0. The SMILES string of the molecule is CC(C)C(=O)O[C@@H](C)C(=O)O[C@@H](C)C(=O)O.[Y]. The zero-order valence-corrected chi connectivity index (χ0v) is 13.1. The van der Waals surface area contributed by atoms with E-state index in [1.807, 2.05) is 0 Å². The maximum Gasteiger partial charge on any atom is 0.347 e.